The van der Waals surface area contributed by atoms with Crippen LogP contribution in [0.1, 0.15) is 21.6 Å². The van der Waals surface area contributed by atoms with E-state index in [0.717, 1.165) is 17.8 Å². The zero-order valence-corrected chi connectivity index (χ0v) is 12.6. The Bertz CT molecular complexity index is 664. The summed E-state index contributed by atoms with van der Waals surface area (Å²) in [6.07, 6.45) is -2.66. The zero-order chi connectivity index (χ0) is 15.6. The average Bonchev–Trinajstić information content (AvgIpc) is 2.80. The van der Waals surface area contributed by atoms with Crippen LogP contribution in [0.25, 0.3) is 0 Å². The first-order valence-electron chi connectivity index (χ1n) is 6.04. The number of carbonyl (C=O) groups excluding carboxylic acids is 1. The van der Waals surface area contributed by atoms with Crippen LogP contribution in [0.4, 0.5) is 13.2 Å². The fourth-order valence-corrected chi connectivity index (χ4v) is 2.25. The fourth-order valence-electron chi connectivity index (χ4n) is 1.82. The van der Waals surface area contributed by atoms with Gasteiger partial charge in [0.25, 0.3) is 5.91 Å². The molecule has 1 aromatic carbocycles. The molecule has 2 aromatic rings. The van der Waals surface area contributed by atoms with Gasteiger partial charge in [-0.15, -0.1) is 0 Å². The highest BCUT2D eigenvalue weighted by molar-refractivity contribution is 9.10. The summed E-state index contributed by atoms with van der Waals surface area (Å²) in [6, 6.07) is 6.63. The second-order valence-corrected chi connectivity index (χ2v) is 5.34. The van der Waals surface area contributed by atoms with Crippen LogP contribution in [0, 0.1) is 0 Å². The molecule has 0 atom stereocenters. The van der Waals surface area contributed by atoms with Crippen LogP contribution >= 0.6 is 15.9 Å². The number of nitrogens with zero attached hydrogens (tertiary/aromatic N) is 1. The summed E-state index contributed by atoms with van der Waals surface area (Å²) >= 11 is 3.10. The van der Waals surface area contributed by atoms with Crippen LogP contribution in [0.15, 0.2) is 41.0 Å². The molecule has 0 unspecified atom stereocenters. The van der Waals surface area contributed by atoms with E-state index in [1.807, 2.05) is 29.9 Å². The first-order chi connectivity index (χ1) is 9.79. The number of aryl methyl sites for hydroxylation is 1. The number of halogens is 4. The van der Waals surface area contributed by atoms with Gasteiger partial charge in [-0.05, 0) is 46.3 Å². The van der Waals surface area contributed by atoms with Gasteiger partial charge in [0.1, 0.15) is 0 Å². The van der Waals surface area contributed by atoms with E-state index < -0.39 is 17.6 Å². The maximum atomic E-state index is 12.7. The highest BCUT2D eigenvalue weighted by Gasteiger charge is 2.31. The quantitative estimate of drug-likeness (QED) is 0.888. The van der Waals surface area contributed by atoms with Gasteiger partial charge in [0.05, 0.1) is 17.7 Å². The van der Waals surface area contributed by atoms with Gasteiger partial charge in [0.2, 0.25) is 0 Å². The number of hydrogen-bond acceptors (Lipinski definition) is 1. The zero-order valence-electron chi connectivity index (χ0n) is 11.0. The number of benzene rings is 1. The summed E-state index contributed by atoms with van der Waals surface area (Å²) in [7, 11) is 1.82. The second kappa shape index (κ2) is 5.93. The first kappa shape index (κ1) is 15.6. The van der Waals surface area contributed by atoms with Crippen LogP contribution in [-0.2, 0) is 19.8 Å². The van der Waals surface area contributed by atoms with Crippen molar-refractivity contribution in [3.63, 3.8) is 0 Å². The molecule has 1 N–H and O–H groups in total. The van der Waals surface area contributed by atoms with Gasteiger partial charge in [0, 0.05) is 23.4 Å². The molecule has 1 heterocycles. The predicted octanol–water partition coefficient (Wildman–Crippen LogP) is 3.74. The van der Waals surface area contributed by atoms with Crippen molar-refractivity contribution in [3.8, 4) is 0 Å². The highest BCUT2D eigenvalue weighted by Crippen LogP contribution is 2.31. The molecule has 0 aliphatic heterocycles. The van der Waals surface area contributed by atoms with Crippen LogP contribution in [0.2, 0.25) is 0 Å². The monoisotopic (exact) mass is 360 g/mol. The third-order valence-corrected chi connectivity index (χ3v) is 3.71. The molecule has 21 heavy (non-hydrogen) atoms. The van der Waals surface area contributed by atoms with Gasteiger partial charge in [-0.3, -0.25) is 4.79 Å². The van der Waals surface area contributed by atoms with Crippen LogP contribution < -0.4 is 5.32 Å². The van der Waals surface area contributed by atoms with E-state index in [1.165, 1.54) is 6.07 Å². The smallest absolute Gasteiger partial charge is 0.353 e. The second-order valence-electron chi connectivity index (χ2n) is 4.49. The number of amides is 1. The Kier molecular flexibility index (Phi) is 4.41. The van der Waals surface area contributed by atoms with Gasteiger partial charge in [-0.1, -0.05) is 0 Å². The molecule has 0 radical (unpaired) electrons. The lowest BCUT2D eigenvalue weighted by Gasteiger charge is -2.11. The molecular formula is C14H12BrF3N2O. The third kappa shape index (κ3) is 3.66. The van der Waals surface area contributed by atoms with E-state index in [4.69, 9.17) is 0 Å². The van der Waals surface area contributed by atoms with Crippen LogP contribution in [0.5, 0.6) is 0 Å². The molecule has 1 aromatic heterocycles. The maximum absolute atomic E-state index is 12.7. The Balaban J connectivity index is 2.17. The van der Waals surface area contributed by atoms with Gasteiger partial charge >= 0.3 is 6.18 Å². The average molecular weight is 361 g/mol. The van der Waals surface area contributed by atoms with Crippen molar-refractivity contribution < 1.29 is 18.0 Å². The van der Waals surface area contributed by atoms with E-state index in [1.54, 1.807) is 0 Å². The molecule has 0 aliphatic rings. The molecule has 0 saturated carbocycles. The summed E-state index contributed by atoms with van der Waals surface area (Å²) in [5.41, 5.74) is -0.0415. The number of alkyl halides is 3. The fraction of sp³-hybridized carbons (Fsp3) is 0.214. The normalized spacial score (nSPS) is 11.5. The molecule has 0 spiro atoms. The number of carbonyl (C=O) groups is 1. The molecule has 0 saturated heterocycles. The first-order valence-corrected chi connectivity index (χ1v) is 6.83. The third-order valence-electron chi connectivity index (χ3n) is 3.02. The summed E-state index contributed by atoms with van der Waals surface area (Å²) < 4.78 is 40.2. The Morgan fingerprint density at radius 3 is 2.62 bits per heavy atom. The summed E-state index contributed by atoms with van der Waals surface area (Å²) in [6.45, 7) is 0.241. The number of hydrogen-bond donors (Lipinski definition) is 1. The van der Waals surface area contributed by atoms with E-state index in [9.17, 15) is 18.0 Å². The lowest BCUT2D eigenvalue weighted by atomic mass is 10.1. The van der Waals surface area contributed by atoms with Crippen molar-refractivity contribution in [2.45, 2.75) is 12.7 Å². The minimum absolute atomic E-state index is 0.0426. The Hall–Kier alpha value is -1.76. The highest BCUT2D eigenvalue weighted by atomic mass is 79.9. The van der Waals surface area contributed by atoms with Crippen molar-refractivity contribution in [3.05, 3.63) is 57.8 Å². The lowest BCUT2D eigenvalue weighted by molar-refractivity contribution is -0.137. The Morgan fingerprint density at radius 1 is 1.33 bits per heavy atom. The molecule has 7 heteroatoms. The van der Waals surface area contributed by atoms with Crippen molar-refractivity contribution in [2.75, 3.05) is 0 Å². The summed E-state index contributed by atoms with van der Waals surface area (Å²) in [4.78, 5) is 12.0. The molecule has 0 fully saturated rings. The van der Waals surface area contributed by atoms with E-state index in [0.29, 0.717) is 4.47 Å². The van der Waals surface area contributed by atoms with E-state index in [-0.39, 0.29) is 12.1 Å². The van der Waals surface area contributed by atoms with Gasteiger partial charge in [-0.2, -0.15) is 13.2 Å². The van der Waals surface area contributed by atoms with Crippen molar-refractivity contribution >= 4 is 21.8 Å². The lowest BCUT2D eigenvalue weighted by Crippen LogP contribution is -2.24. The maximum Gasteiger partial charge on any atom is 0.416 e. The topological polar surface area (TPSA) is 34.0 Å². The van der Waals surface area contributed by atoms with E-state index in [2.05, 4.69) is 21.2 Å². The molecule has 3 nitrogen and oxygen atoms in total. The van der Waals surface area contributed by atoms with Crippen LogP contribution in [0.3, 0.4) is 0 Å². The van der Waals surface area contributed by atoms with Gasteiger partial charge in [0.15, 0.2) is 0 Å². The van der Waals surface area contributed by atoms with Gasteiger partial charge < -0.3 is 9.88 Å². The standard InChI is InChI=1S/C14H12BrF3N2O/c1-20-6-2-3-10(20)8-19-13(21)11-7-9(14(16,17)18)4-5-12(11)15/h2-7H,8H2,1H3,(H,19,21). The molecule has 2 rings (SSSR count). The van der Waals surface area contributed by atoms with Crippen molar-refractivity contribution in [1.82, 2.24) is 9.88 Å². The molecular weight excluding hydrogens is 349 g/mol. The summed E-state index contributed by atoms with van der Waals surface area (Å²) in [5.74, 6) is -0.561. The Morgan fingerprint density at radius 2 is 2.05 bits per heavy atom. The van der Waals surface area contributed by atoms with Crippen molar-refractivity contribution in [1.29, 1.82) is 0 Å². The predicted molar refractivity (Wildman–Crippen MR) is 75.7 cm³/mol. The largest absolute Gasteiger partial charge is 0.416 e. The minimum Gasteiger partial charge on any atom is -0.353 e. The van der Waals surface area contributed by atoms with Gasteiger partial charge in [-0.25, -0.2) is 0 Å². The van der Waals surface area contributed by atoms with Crippen LogP contribution in [-0.4, -0.2) is 10.5 Å². The minimum atomic E-state index is -4.48. The molecule has 0 bridgehead atoms. The Labute approximate surface area is 127 Å². The van der Waals surface area contributed by atoms with Crippen molar-refractivity contribution in [2.24, 2.45) is 7.05 Å². The molecule has 112 valence electrons. The summed E-state index contributed by atoms with van der Waals surface area (Å²) in [5, 5.41) is 2.60. The number of nitrogens with one attached hydrogen (secondary N) is 1. The SMILES string of the molecule is Cn1cccc1CNC(=O)c1cc(C(F)(F)F)ccc1Br. The number of rotatable bonds is 3. The molecule has 0 aliphatic carbocycles. The van der Waals surface area contributed by atoms with E-state index >= 15 is 0 Å². The molecule has 1 amide bonds. The number of aromatic nitrogens is 1.